The molecule has 0 bridgehead atoms. The maximum Gasteiger partial charge on any atom is 0.262 e. The van der Waals surface area contributed by atoms with Crippen LogP contribution in [0.25, 0.3) is 0 Å². The predicted molar refractivity (Wildman–Crippen MR) is 41.7 cm³/mol. The zero-order chi connectivity index (χ0) is 8.48. The normalized spacial score (nSPS) is 10.4. The van der Waals surface area contributed by atoms with E-state index in [0.717, 1.165) is 6.20 Å². The van der Waals surface area contributed by atoms with Crippen molar-refractivity contribution in [1.29, 1.82) is 0 Å². The van der Waals surface area contributed by atoms with Gasteiger partial charge in [0.05, 0.1) is 0 Å². The number of halogens is 1. The smallest absolute Gasteiger partial charge is 0.262 e. The first-order valence-corrected chi connectivity index (χ1v) is 4.97. The maximum atomic E-state index is 10.6. The van der Waals surface area contributed by atoms with E-state index < -0.39 is 9.05 Å². The molecule has 0 aliphatic rings. The Morgan fingerprint density at radius 1 is 1.42 bits per heavy atom. The van der Waals surface area contributed by atoms with Gasteiger partial charge in [0.15, 0.2) is 0 Å². The topological polar surface area (TPSA) is 73.1 Å². The van der Waals surface area contributed by atoms with E-state index in [1.807, 2.05) is 0 Å². The first-order chi connectivity index (χ1) is 5.00. The van der Waals surface area contributed by atoms with Crippen LogP contribution in [0.2, 0.25) is 0 Å². The van der Waals surface area contributed by atoms with Crippen molar-refractivity contribution in [2.45, 2.75) is 4.90 Å². The van der Waals surface area contributed by atoms with E-state index in [0.29, 0.717) is 0 Å². The fourth-order valence-corrected chi connectivity index (χ4v) is 1.22. The van der Waals surface area contributed by atoms with Crippen molar-refractivity contribution >= 4 is 25.6 Å². The third-order valence-corrected chi connectivity index (χ3v) is 2.38. The maximum absolute atomic E-state index is 10.6. The summed E-state index contributed by atoms with van der Waals surface area (Å²) >= 11 is 0. The number of nitrogens with two attached hydrogens (primary N) is 1. The average molecular weight is 233 g/mol. The van der Waals surface area contributed by atoms with Gasteiger partial charge in [0, 0.05) is 54.6 Å². The van der Waals surface area contributed by atoms with Gasteiger partial charge >= 0.3 is 0 Å². The molecule has 0 unspecified atom stereocenters. The monoisotopic (exact) mass is 232 g/mol. The van der Waals surface area contributed by atoms with E-state index >= 15 is 0 Å². The molecule has 1 heterocycles. The molecule has 0 aromatic carbocycles. The molecule has 0 fully saturated rings. The molecular formula is C5H5ArClN2O2S. The van der Waals surface area contributed by atoms with E-state index in [-0.39, 0.29) is 48.5 Å². The number of pyridine rings is 1. The first-order valence-electron chi connectivity index (χ1n) is 2.66. The molecule has 68 valence electrons. The van der Waals surface area contributed by atoms with E-state index in [1.165, 1.54) is 12.1 Å². The Morgan fingerprint density at radius 2 is 2.00 bits per heavy atom. The van der Waals surface area contributed by atoms with Crippen molar-refractivity contribution in [3.05, 3.63) is 18.3 Å². The van der Waals surface area contributed by atoms with Crippen LogP contribution < -0.4 is 5.73 Å². The van der Waals surface area contributed by atoms with E-state index in [2.05, 4.69) is 4.98 Å². The van der Waals surface area contributed by atoms with Crippen LogP contribution in [0, 0.1) is 37.7 Å². The van der Waals surface area contributed by atoms with Crippen LogP contribution in [0.1, 0.15) is 0 Å². The van der Waals surface area contributed by atoms with Crippen molar-refractivity contribution in [3.8, 4) is 0 Å². The summed E-state index contributed by atoms with van der Waals surface area (Å²) in [4.78, 5) is 3.51. The van der Waals surface area contributed by atoms with E-state index in [9.17, 15) is 8.42 Å². The summed E-state index contributed by atoms with van der Waals surface area (Å²) in [5, 5.41) is 0. The number of nitrogen functional groups attached to an aromatic ring is 1. The van der Waals surface area contributed by atoms with Gasteiger partial charge in [0.2, 0.25) is 0 Å². The second kappa shape index (κ2) is 4.62. The van der Waals surface area contributed by atoms with Crippen molar-refractivity contribution in [2.24, 2.45) is 0 Å². The fraction of sp³-hybridized carbons (Fsp3) is 0. The van der Waals surface area contributed by atoms with Crippen LogP contribution in [0.15, 0.2) is 23.2 Å². The predicted octanol–water partition coefficient (Wildman–Crippen LogP) is 0.591. The van der Waals surface area contributed by atoms with Crippen molar-refractivity contribution < 1.29 is 46.2 Å². The summed E-state index contributed by atoms with van der Waals surface area (Å²) in [5.74, 6) is 0.258. The molecular weight excluding hydrogens is 228 g/mol. The molecule has 0 saturated heterocycles. The molecule has 1 aromatic heterocycles. The minimum Gasteiger partial charge on any atom is -0.384 e. The first kappa shape index (κ1) is 12.4. The van der Waals surface area contributed by atoms with Crippen LogP contribution in [-0.4, -0.2) is 13.4 Å². The zero-order valence-electron chi connectivity index (χ0n) is 5.71. The molecule has 1 aromatic rings. The minimum atomic E-state index is -3.67. The quantitative estimate of drug-likeness (QED) is 0.720. The number of hydrogen-bond donors (Lipinski definition) is 1. The Kier molecular flexibility index (Phi) is 4.79. The molecule has 1 rings (SSSR count). The Hall–Kier alpha value is 0.450. The Morgan fingerprint density at radius 3 is 2.33 bits per heavy atom. The third kappa shape index (κ3) is 3.45. The standard InChI is InChI=1S/C5H5ClN2O2S.Ar/c6-11(9,10)4-1-2-5(7)8-3-4;/h1-3H,(H2,7,8);. The van der Waals surface area contributed by atoms with Crippen LogP contribution in [-0.2, 0) is 9.05 Å². The third-order valence-electron chi connectivity index (χ3n) is 1.04. The number of nitrogens with zero attached hydrogens (tertiary/aromatic N) is 1. The molecule has 4 nitrogen and oxygen atoms in total. The van der Waals surface area contributed by atoms with Crippen LogP contribution in [0.4, 0.5) is 5.82 Å². The van der Waals surface area contributed by atoms with Crippen LogP contribution >= 0.6 is 10.7 Å². The second-order valence-corrected chi connectivity index (χ2v) is 4.42. The molecule has 0 radical (unpaired) electrons. The van der Waals surface area contributed by atoms with Crippen LogP contribution in [0.3, 0.4) is 0 Å². The Bertz CT molecular complexity index is 350. The Balaban J connectivity index is 0.00000121. The molecule has 12 heavy (non-hydrogen) atoms. The second-order valence-electron chi connectivity index (χ2n) is 1.86. The average Bonchev–Trinajstić information content (AvgIpc) is 1.86. The molecule has 7 heteroatoms. The summed E-state index contributed by atoms with van der Waals surface area (Å²) in [6.07, 6.45) is 1.11. The van der Waals surface area contributed by atoms with Gasteiger partial charge in [-0.05, 0) is 12.1 Å². The van der Waals surface area contributed by atoms with Gasteiger partial charge in [-0.1, -0.05) is 0 Å². The molecule has 0 saturated carbocycles. The van der Waals surface area contributed by atoms with Crippen molar-refractivity contribution in [1.82, 2.24) is 4.98 Å². The fourth-order valence-electron chi connectivity index (χ4n) is 0.536. The van der Waals surface area contributed by atoms with Gasteiger partial charge in [-0.15, -0.1) is 0 Å². The van der Waals surface area contributed by atoms with Gasteiger partial charge in [-0.2, -0.15) is 0 Å². The summed E-state index contributed by atoms with van der Waals surface area (Å²) in [6, 6.07) is 2.67. The van der Waals surface area contributed by atoms with Gasteiger partial charge < -0.3 is 5.73 Å². The summed E-state index contributed by atoms with van der Waals surface area (Å²) in [5.41, 5.74) is 5.22. The molecule has 0 atom stereocenters. The SMILES string of the molecule is Nc1ccc(S(=O)(=O)Cl)cn1.[Ar]. The Labute approximate surface area is 105 Å². The molecule has 0 amide bonds. The van der Waals surface area contributed by atoms with E-state index in [1.54, 1.807) is 0 Å². The molecule has 2 N–H and O–H groups in total. The minimum absolute atomic E-state index is 0. The van der Waals surface area contributed by atoms with Crippen LogP contribution in [0.5, 0.6) is 0 Å². The van der Waals surface area contributed by atoms with Gasteiger partial charge in [0.25, 0.3) is 9.05 Å². The number of rotatable bonds is 1. The number of hydrogen-bond acceptors (Lipinski definition) is 4. The summed E-state index contributed by atoms with van der Waals surface area (Å²) in [6.45, 7) is 0. The number of aromatic nitrogens is 1. The largest absolute Gasteiger partial charge is 0.384 e. The van der Waals surface area contributed by atoms with Crippen molar-refractivity contribution in [2.75, 3.05) is 5.73 Å². The van der Waals surface area contributed by atoms with Gasteiger partial charge in [-0.25, -0.2) is 13.4 Å². The van der Waals surface area contributed by atoms with Gasteiger partial charge in [-0.3, -0.25) is 0 Å². The summed E-state index contributed by atoms with van der Waals surface area (Å²) < 4.78 is 21.3. The van der Waals surface area contributed by atoms with Gasteiger partial charge in [0.1, 0.15) is 10.7 Å². The summed E-state index contributed by atoms with van der Waals surface area (Å²) in [7, 11) is 1.34. The zero-order valence-corrected chi connectivity index (χ0v) is 7.99. The number of anilines is 1. The molecule has 0 spiro atoms. The van der Waals surface area contributed by atoms with Crippen molar-refractivity contribution in [3.63, 3.8) is 0 Å². The van der Waals surface area contributed by atoms with E-state index in [4.69, 9.17) is 16.4 Å². The molecule has 0 aliphatic carbocycles. The molecule has 0 aliphatic heterocycles.